The lowest BCUT2D eigenvalue weighted by Gasteiger charge is -2.37. The van der Waals surface area contributed by atoms with Crippen molar-refractivity contribution in [3.63, 3.8) is 0 Å². The van der Waals surface area contributed by atoms with Gasteiger partial charge in [-0.15, -0.1) is 0 Å². The number of amides is 1. The Labute approximate surface area is 168 Å². The van der Waals surface area contributed by atoms with E-state index in [-0.39, 0.29) is 22.4 Å². The van der Waals surface area contributed by atoms with Crippen molar-refractivity contribution in [2.24, 2.45) is 0 Å². The van der Waals surface area contributed by atoms with Crippen LogP contribution < -0.4 is 0 Å². The molecule has 0 heterocycles. The van der Waals surface area contributed by atoms with Gasteiger partial charge >= 0.3 is 0 Å². The summed E-state index contributed by atoms with van der Waals surface area (Å²) in [5.41, 5.74) is 0.235. The van der Waals surface area contributed by atoms with Gasteiger partial charge in [0.05, 0.1) is 10.1 Å². The summed E-state index contributed by atoms with van der Waals surface area (Å²) in [7, 11) is -3.90. The van der Waals surface area contributed by atoms with Crippen LogP contribution in [0.5, 0.6) is 0 Å². The fraction of sp³-hybridized carbons (Fsp3) is 0.632. The molecule has 1 aliphatic rings. The van der Waals surface area contributed by atoms with Crippen molar-refractivity contribution in [2.45, 2.75) is 61.8 Å². The third-order valence-corrected chi connectivity index (χ3v) is 9.20. The predicted octanol–water partition coefficient (Wildman–Crippen LogP) is 2.14. The summed E-state index contributed by atoms with van der Waals surface area (Å²) in [5.74, 6) is -0.371. The first kappa shape index (κ1) is 22.8. The molecule has 1 saturated carbocycles. The SMILES string of the molecule is CC(C)N(C)S(=O)(=O)c1cccc(C(=O)N(C)[C@H]2CCCC[C@@H]2S(C)(=O)=O)c1. The van der Waals surface area contributed by atoms with Gasteiger partial charge in [-0.3, -0.25) is 4.79 Å². The molecule has 0 aliphatic heterocycles. The molecule has 28 heavy (non-hydrogen) atoms. The largest absolute Gasteiger partial charge is 0.337 e. The average Bonchev–Trinajstić information content (AvgIpc) is 2.65. The Balaban J connectivity index is 2.34. The maximum atomic E-state index is 13.0. The minimum Gasteiger partial charge on any atom is -0.337 e. The standard InChI is InChI=1S/C19H30N2O5S2/c1-14(2)21(4)28(25,26)16-10-8-9-15(13-16)19(22)20(3)17-11-6-7-12-18(17)27(5,23)24/h8-10,13-14,17-18H,6-7,11-12H2,1-5H3/t17-,18-/m0/s1. The Morgan fingerprint density at radius 1 is 1.07 bits per heavy atom. The maximum absolute atomic E-state index is 13.0. The third-order valence-electron chi connectivity index (χ3n) is 5.52. The van der Waals surface area contributed by atoms with Gasteiger partial charge in [0.1, 0.15) is 0 Å². The Hall–Kier alpha value is -1.45. The first-order valence-corrected chi connectivity index (χ1v) is 12.8. The van der Waals surface area contributed by atoms with E-state index in [0.29, 0.717) is 12.8 Å². The van der Waals surface area contributed by atoms with Crippen molar-refractivity contribution >= 4 is 25.8 Å². The molecule has 2 atom stereocenters. The van der Waals surface area contributed by atoms with Gasteiger partial charge in [-0.25, -0.2) is 16.8 Å². The van der Waals surface area contributed by atoms with Gasteiger partial charge in [0, 0.05) is 38.0 Å². The van der Waals surface area contributed by atoms with Crippen LogP contribution in [0.25, 0.3) is 0 Å². The number of sulfone groups is 1. The fourth-order valence-electron chi connectivity index (χ4n) is 3.61. The van der Waals surface area contributed by atoms with Gasteiger partial charge in [-0.2, -0.15) is 4.31 Å². The molecule has 7 nitrogen and oxygen atoms in total. The minimum atomic E-state index is -3.71. The second-order valence-electron chi connectivity index (χ2n) is 7.78. The number of rotatable bonds is 6. The zero-order valence-electron chi connectivity index (χ0n) is 17.1. The van der Waals surface area contributed by atoms with E-state index in [0.717, 1.165) is 12.8 Å². The molecule has 158 valence electrons. The molecule has 0 unspecified atom stereocenters. The van der Waals surface area contributed by atoms with Crippen molar-refractivity contribution in [2.75, 3.05) is 20.4 Å². The highest BCUT2D eigenvalue weighted by atomic mass is 32.2. The molecule has 0 aromatic heterocycles. The molecule has 0 radical (unpaired) electrons. The van der Waals surface area contributed by atoms with Crippen LogP contribution in [0.2, 0.25) is 0 Å². The van der Waals surface area contributed by atoms with Crippen LogP contribution in [0.3, 0.4) is 0 Å². The zero-order valence-corrected chi connectivity index (χ0v) is 18.8. The quantitative estimate of drug-likeness (QED) is 0.689. The van der Waals surface area contributed by atoms with Gasteiger partial charge in [0.2, 0.25) is 10.0 Å². The number of carbonyl (C=O) groups excluding carboxylic acids is 1. The van der Waals surface area contributed by atoms with E-state index in [1.54, 1.807) is 27.0 Å². The molecule has 1 aromatic rings. The van der Waals surface area contributed by atoms with Gasteiger partial charge < -0.3 is 4.90 Å². The van der Waals surface area contributed by atoms with Crippen LogP contribution in [0.15, 0.2) is 29.2 Å². The second-order valence-corrected chi connectivity index (χ2v) is 12.0. The maximum Gasteiger partial charge on any atom is 0.253 e. The number of carbonyl (C=O) groups is 1. The molecule has 0 spiro atoms. The van der Waals surface area contributed by atoms with Crippen molar-refractivity contribution in [1.29, 1.82) is 0 Å². The van der Waals surface area contributed by atoms with Crippen LogP contribution in [0.4, 0.5) is 0 Å². The number of hydrogen-bond donors (Lipinski definition) is 0. The Bertz CT molecular complexity index is 925. The predicted molar refractivity (Wildman–Crippen MR) is 110 cm³/mol. The highest BCUT2D eigenvalue weighted by molar-refractivity contribution is 7.91. The Morgan fingerprint density at radius 3 is 2.25 bits per heavy atom. The Kier molecular flexibility index (Phi) is 6.94. The monoisotopic (exact) mass is 430 g/mol. The van der Waals surface area contributed by atoms with E-state index in [9.17, 15) is 21.6 Å². The first-order chi connectivity index (χ1) is 12.9. The molecule has 9 heteroatoms. The lowest BCUT2D eigenvalue weighted by atomic mass is 9.93. The number of nitrogens with zero attached hydrogens (tertiary/aromatic N) is 2. The highest BCUT2D eigenvalue weighted by Crippen LogP contribution is 2.28. The van der Waals surface area contributed by atoms with Crippen LogP contribution in [0, 0.1) is 0 Å². The molecule has 1 aromatic carbocycles. The van der Waals surface area contributed by atoms with Crippen molar-refractivity contribution < 1.29 is 21.6 Å². The van der Waals surface area contributed by atoms with E-state index in [4.69, 9.17) is 0 Å². The fourth-order valence-corrected chi connectivity index (χ4v) is 6.51. The lowest BCUT2D eigenvalue weighted by Crippen LogP contribution is -2.49. The molecule has 1 fully saturated rings. The topological polar surface area (TPSA) is 91.8 Å². The van der Waals surface area contributed by atoms with E-state index < -0.39 is 31.2 Å². The lowest BCUT2D eigenvalue weighted by molar-refractivity contribution is 0.0700. The summed E-state index contributed by atoms with van der Waals surface area (Å²) in [6.07, 6.45) is 4.06. The number of hydrogen-bond acceptors (Lipinski definition) is 5. The molecular formula is C19H30N2O5S2. The third kappa shape index (κ3) is 4.75. The summed E-state index contributed by atoms with van der Waals surface area (Å²) in [5, 5.41) is -0.589. The van der Waals surface area contributed by atoms with Gasteiger partial charge in [0.15, 0.2) is 9.84 Å². The van der Waals surface area contributed by atoms with E-state index in [1.807, 2.05) is 0 Å². The Morgan fingerprint density at radius 2 is 1.68 bits per heavy atom. The van der Waals surface area contributed by atoms with Crippen LogP contribution in [0.1, 0.15) is 49.9 Å². The second kappa shape index (κ2) is 8.51. The molecule has 1 amide bonds. The molecule has 0 N–H and O–H groups in total. The summed E-state index contributed by atoms with van der Waals surface area (Å²) < 4.78 is 51.0. The summed E-state index contributed by atoms with van der Waals surface area (Å²) in [6.45, 7) is 3.55. The van der Waals surface area contributed by atoms with Crippen LogP contribution in [-0.4, -0.2) is 69.6 Å². The van der Waals surface area contributed by atoms with Gasteiger partial charge in [-0.1, -0.05) is 18.9 Å². The summed E-state index contributed by atoms with van der Waals surface area (Å²) >= 11 is 0. The molecule has 2 rings (SSSR count). The van der Waals surface area contributed by atoms with Crippen molar-refractivity contribution in [3.05, 3.63) is 29.8 Å². The molecule has 1 aliphatic carbocycles. The van der Waals surface area contributed by atoms with Gasteiger partial charge in [0.25, 0.3) is 5.91 Å². The first-order valence-electron chi connectivity index (χ1n) is 9.41. The van der Waals surface area contributed by atoms with E-state index >= 15 is 0 Å². The number of sulfonamides is 1. The molecule has 0 saturated heterocycles. The smallest absolute Gasteiger partial charge is 0.253 e. The zero-order chi connectivity index (χ0) is 21.3. The summed E-state index contributed by atoms with van der Waals surface area (Å²) in [4.78, 5) is 14.5. The average molecular weight is 431 g/mol. The normalized spacial score (nSPS) is 21.1. The van der Waals surface area contributed by atoms with Gasteiger partial charge in [-0.05, 0) is 44.9 Å². The van der Waals surface area contributed by atoms with E-state index in [2.05, 4.69) is 0 Å². The summed E-state index contributed by atoms with van der Waals surface area (Å²) in [6, 6.07) is 5.30. The van der Waals surface area contributed by atoms with Crippen molar-refractivity contribution in [1.82, 2.24) is 9.21 Å². The molecule has 0 bridgehead atoms. The van der Waals surface area contributed by atoms with Crippen molar-refractivity contribution in [3.8, 4) is 0 Å². The highest BCUT2D eigenvalue weighted by Gasteiger charge is 2.37. The molecular weight excluding hydrogens is 400 g/mol. The van der Waals surface area contributed by atoms with E-state index in [1.165, 1.54) is 40.7 Å². The number of benzene rings is 1. The van der Waals surface area contributed by atoms with Crippen LogP contribution in [-0.2, 0) is 19.9 Å². The van der Waals surface area contributed by atoms with Crippen LogP contribution >= 0.6 is 0 Å². The minimum absolute atomic E-state index is 0.0475.